The molecule has 2 aromatic rings. The van der Waals surface area contributed by atoms with Crippen molar-refractivity contribution >= 4 is 23.2 Å². The Bertz CT molecular complexity index is 565. The maximum absolute atomic E-state index is 14.1. The molecule has 0 bridgehead atoms. The maximum atomic E-state index is 14.1. The van der Waals surface area contributed by atoms with Crippen LogP contribution in [0.15, 0.2) is 36.5 Å². The first-order valence-electron chi connectivity index (χ1n) is 6.47. The van der Waals surface area contributed by atoms with Crippen molar-refractivity contribution in [1.82, 2.24) is 9.78 Å². The molecule has 20 heavy (non-hydrogen) atoms. The Morgan fingerprint density at radius 2 is 1.90 bits per heavy atom. The summed E-state index contributed by atoms with van der Waals surface area (Å²) in [7, 11) is 1.89. The van der Waals surface area contributed by atoms with Gasteiger partial charge in [-0.3, -0.25) is 4.68 Å². The molecule has 5 heteroatoms. The predicted molar refractivity (Wildman–Crippen MR) is 81.0 cm³/mol. The van der Waals surface area contributed by atoms with Crippen molar-refractivity contribution in [2.45, 2.75) is 18.3 Å². The molecule has 1 aromatic heterocycles. The summed E-state index contributed by atoms with van der Waals surface area (Å²) in [5.41, 5.74) is 1.12. The van der Waals surface area contributed by atoms with Crippen LogP contribution in [0.3, 0.4) is 0 Å². The molecule has 0 amide bonds. The van der Waals surface area contributed by atoms with E-state index in [-0.39, 0.29) is 17.6 Å². The van der Waals surface area contributed by atoms with E-state index in [9.17, 15) is 4.39 Å². The van der Waals surface area contributed by atoms with Crippen LogP contribution in [-0.4, -0.2) is 21.5 Å². The van der Waals surface area contributed by atoms with E-state index in [1.54, 1.807) is 18.3 Å². The Hall–Kier alpha value is -1.06. The van der Waals surface area contributed by atoms with E-state index in [1.165, 1.54) is 6.07 Å². The highest BCUT2D eigenvalue weighted by Crippen LogP contribution is 2.34. The molecule has 0 N–H and O–H groups in total. The van der Waals surface area contributed by atoms with Crippen LogP contribution in [0.2, 0.25) is 0 Å². The first kappa shape index (κ1) is 15.3. The largest absolute Gasteiger partial charge is 0.273 e. The number of rotatable bonds is 6. The lowest BCUT2D eigenvalue weighted by molar-refractivity contribution is 0.454. The lowest BCUT2D eigenvalue weighted by Gasteiger charge is -2.30. The van der Waals surface area contributed by atoms with Crippen LogP contribution in [0.5, 0.6) is 0 Å². The van der Waals surface area contributed by atoms with E-state index in [0.717, 1.165) is 12.1 Å². The molecule has 0 spiro atoms. The third-order valence-corrected chi connectivity index (χ3v) is 4.76. The average Bonchev–Trinajstić information content (AvgIpc) is 2.87. The summed E-state index contributed by atoms with van der Waals surface area (Å²) in [5, 5.41) is 4.14. The number of hydrogen-bond acceptors (Lipinski definition) is 1. The third kappa shape index (κ3) is 2.99. The fourth-order valence-corrected chi connectivity index (χ4v) is 3.19. The second-order valence-electron chi connectivity index (χ2n) is 4.97. The van der Waals surface area contributed by atoms with Crippen LogP contribution in [0.4, 0.5) is 4.39 Å². The summed E-state index contributed by atoms with van der Waals surface area (Å²) in [6.45, 7) is 0. The van der Waals surface area contributed by atoms with Gasteiger partial charge in [-0.1, -0.05) is 18.2 Å². The second kappa shape index (κ2) is 6.59. The van der Waals surface area contributed by atoms with E-state index in [0.29, 0.717) is 12.0 Å². The molecule has 0 saturated heterocycles. The summed E-state index contributed by atoms with van der Waals surface area (Å²) in [6, 6.07) is 8.66. The molecule has 108 valence electrons. The zero-order valence-corrected chi connectivity index (χ0v) is 12.8. The molecule has 0 aliphatic heterocycles. The molecule has 0 radical (unpaired) electrons. The van der Waals surface area contributed by atoms with Gasteiger partial charge in [0.25, 0.3) is 0 Å². The van der Waals surface area contributed by atoms with E-state index in [1.807, 2.05) is 23.9 Å². The number of benzene rings is 1. The van der Waals surface area contributed by atoms with Crippen molar-refractivity contribution in [3.05, 3.63) is 53.6 Å². The van der Waals surface area contributed by atoms with Gasteiger partial charge in [0.05, 0.1) is 0 Å². The summed E-state index contributed by atoms with van der Waals surface area (Å²) in [4.78, 5) is 0. The highest BCUT2D eigenvalue weighted by Gasteiger charge is 2.33. The number of halogens is 3. The Morgan fingerprint density at radius 1 is 1.20 bits per heavy atom. The molecule has 1 aromatic carbocycles. The summed E-state index contributed by atoms with van der Waals surface area (Å²) in [5.74, 6) is 0.323. The third-order valence-electron chi connectivity index (χ3n) is 3.74. The zero-order chi connectivity index (χ0) is 14.6. The van der Waals surface area contributed by atoms with Crippen molar-refractivity contribution in [2.24, 2.45) is 7.05 Å². The minimum Gasteiger partial charge on any atom is -0.273 e. The molecular formula is C15H17Cl2FN2. The molecule has 0 fully saturated rings. The number of hydrogen-bond donors (Lipinski definition) is 0. The van der Waals surface area contributed by atoms with Gasteiger partial charge in [0.1, 0.15) is 5.82 Å². The SMILES string of the molecule is Cn1nccc1CCC(CCl)(CCl)c1ccccc1F. The molecule has 0 unspecified atom stereocenters. The quantitative estimate of drug-likeness (QED) is 0.739. The van der Waals surface area contributed by atoms with Crippen molar-refractivity contribution in [3.63, 3.8) is 0 Å². The van der Waals surface area contributed by atoms with E-state index < -0.39 is 5.41 Å². The van der Waals surface area contributed by atoms with Crippen LogP contribution in [0.1, 0.15) is 17.7 Å². The van der Waals surface area contributed by atoms with Crippen molar-refractivity contribution in [3.8, 4) is 0 Å². The number of nitrogens with zero attached hydrogens (tertiary/aromatic N) is 2. The van der Waals surface area contributed by atoms with Crippen LogP contribution < -0.4 is 0 Å². The topological polar surface area (TPSA) is 17.8 Å². The van der Waals surface area contributed by atoms with Crippen LogP contribution in [0, 0.1) is 5.82 Å². The van der Waals surface area contributed by atoms with Gasteiger partial charge in [0.2, 0.25) is 0 Å². The molecule has 2 nitrogen and oxygen atoms in total. The lowest BCUT2D eigenvalue weighted by Crippen LogP contribution is -2.32. The minimum absolute atomic E-state index is 0.251. The standard InChI is InChI=1S/C15H17Cl2FN2/c1-20-12(7-9-19-20)6-8-15(10-16,11-17)13-4-2-3-5-14(13)18/h2-5,7,9H,6,8,10-11H2,1H3. The van der Waals surface area contributed by atoms with E-state index in [4.69, 9.17) is 23.2 Å². The lowest BCUT2D eigenvalue weighted by atomic mass is 9.79. The molecule has 0 aliphatic carbocycles. The molecule has 0 atom stereocenters. The van der Waals surface area contributed by atoms with Gasteiger partial charge >= 0.3 is 0 Å². The second-order valence-corrected chi connectivity index (χ2v) is 5.51. The molecular weight excluding hydrogens is 298 g/mol. The van der Waals surface area contributed by atoms with Crippen molar-refractivity contribution in [2.75, 3.05) is 11.8 Å². The summed E-state index contributed by atoms with van der Waals surface area (Å²) >= 11 is 12.3. The highest BCUT2D eigenvalue weighted by molar-refractivity contribution is 6.22. The number of aromatic nitrogens is 2. The van der Waals surface area contributed by atoms with Gasteiger partial charge < -0.3 is 0 Å². The van der Waals surface area contributed by atoms with Crippen LogP contribution in [-0.2, 0) is 18.9 Å². The van der Waals surface area contributed by atoms with Gasteiger partial charge in [-0.2, -0.15) is 5.10 Å². The van der Waals surface area contributed by atoms with E-state index in [2.05, 4.69) is 5.10 Å². The zero-order valence-electron chi connectivity index (χ0n) is 11.3. The highest BCUT2D eigenvalue weighted by atomic mass is 35.5. The normalized spacial score (nSPS) is 11.8. The Kier molecular flexibility index (Phi) is 5.06. The van der Waals surface area contributed by atoms with Gasteiger partial charge in [0, 0.05) is 36.1 Å². The maximum Gasteiger partial charge on any atom is 0.127 e. The Balaban J connectivity index is 2.26. The monoisotopic (exact) mass is 314 g/mol. The fraction of sp³-hybridized carbons (Fsp3) is 0.400. The first-order valence-corrected chi connectivity index (χ1v) is 7.54. The fourth-order valence-electron chi connectivity index (χ4n) is 2.35. The summed E-state index contributed by atoms with van der Waals surface area (Å²) < 4.78 is 15.9. The Labute approximate surface area is 128 Å². The van der Waals surface area contributed by atoms with Gasteiger partial charge in [-0.25, -0.2) is 4.39 Å². The van der Waals surface area contributed by atoms with Crippen molar-refractivity contribution in [1.29, 1.82) is 0 Å². The average molecular weight is 315 g/mol. The smallest absolute Gasteiger partial charge is 0.127 e. The molecule has 2 rings (SSSR count). The molecule has 0 saturated carbocycles. The minimum atomic E-state index is -0.557. The van der Waals surface area contributed by atoms with E-state index >= 15 is 0 Å². The molecule has 1 heterocycles. The number of alkyl halides is 2. The molecule has 0 aliphatic rings. The van der Waals surface area contributed by atoms with Gasteiger partial charge in [0.15, 0.2) is 0 Å². The number of aryl methyl sites for hydroxylation is 2. The van der Waals surface area contributed by atoms with Gasteiger partial charge in [-0.15, -0.1) is 23.2 Å². The summed E-state index contributed by atoms with van der Waals surface area (Å²) in [6.07, 6.45) is 3.19. The van der Waals surface area contributed by atoms with Crippen LogP contribution in [0.25, 0.3) is 0 Å². The van der Waals surface area contributed by atoms with Crippen LogP contribution >= 0.6 is 23.2 Å². The van der Waals surface area contributed by atoms with Crippen molar-refractivity contribution < 1.29 is 4.39 Å². The first-order chi connectivity index (χ1) is 9.63. The predicted octanol–water partition coefficient (Wildman–Crippen LogP) is 3.91. The van der Waals surface area contributed by atoms with Gasteiger partial charge in [-0.05, 0) is 30.5 Å². The Morgan fingerprint density at radius 3 is 2.45 bits per heavy atom.